The lowest BCUT2D eigenvalue weighted by atomic mass is 10.2. The molecule has 0 aliphatic carbocycles. The Hall–Kier alpha value is -2.33. The number of benzene rings is 1. The maximum Gasteiger partial charge on any atom is 0.231 e. The molecular formula is C13H13N5OS. The molecule has 0 saturated carbocycles. The number of hydrogen-bond donors (Lipinski definition) is 1. The molecular weight excluding hydrogens is 274 g/mol. The average Bonchev–Trinajstić information content (AvgIpc) is 2.91. The van der Waals surface area contributed by atoms with Gasteiger partial charge in [-0.15, -0.1) is 11.5 Å². The molecule has 1 amide bonds. The van der Waals surface area contributed by atoms with E-state index in [2.05, 4.69) is 26.8 Å². The molecule has 1 aromatic heterocycles. The summed E-state index contributed by atoms with van der Waals surface area (Å²) < 4.78 is 1.62. The zero-order valence-corrected chi connectivity index (χ0v) is 11.7. The number of thioether (sulfide) groups is 1. The second kappa shape index (κ2) is 6.73. The van der Waals surface area contributed by atoms with E-state index in [-0.39, 0.29) is 18.2 Å². The van der Waals surface area contributed by atoms with Crippen LogP contribution in [0.15, 0.2) is 29.4 Å². The second-order valence-corrected chi connectivity index (χ2v) is 4.87. The molecule has 7 heteroatoms. The molecule has 1 N–H and O–H groups in total. The number of carbonyl (C=O) groups excluding carboxylic acids is 1. The molecule has 0 spiro atoms. The summed E-state index contributed by atoms with van der Waals surface area (Å²) in [5.41, 5.74) is 1.95. The van der Waals surface area contributed by atoms with E-state index in [0.29, 0.717) is 5.16 Å². The Morgan fingerprint density at radius 1 is 1.50 bits per heavy atom. The molecule has 2 rings (SSSR count). The average molecular weight is 287 g/mol. The molecule has 0 saturated heterocycles. The van der Waals surface area contributed by atoms with Crippen molar-refractivity contribution in [3.63, 3.8) is 0 Å². The fourth-order valence-corrected chi connectivity index (χ4v) is 2.27. The van der Waals surface area contributed by atoms with E-state index in [1.165, 1.54) is 11.8 Å². The number of carbonyl (C=O) groups is 1. The van der Waals surface area contributed by atoms with Crippen LogP contribution in [-0.4, -0.2) is 38.4 Å². The third-order valence-electron chi connectivity index (χ3n) is 2.50. The van der Waals surface area contributed by atoms with E-state index in [0.717, 1.165) is 11.3 Å². The number of tetrazole rings is 1. The number of aryl methyl sites for hydroxylation is 1. The Kier molecular flexibility index (Phi) is 4.74. The summed E-state index contributed by atoms with van der Waals surface area (Å²) in [6.45, 7) is 2.20. The standard InChI is InChI=1S/C13H13N5OS/c1-3-8-14-12(19)9-20-13-15-16-17-18(13)11-7-5-4-6-10(11)2/h1,4-7H,8-9H2,2H3,(H,14,19). The van der Waals surface area contributed by atoms with E-state index < -0.39 is 0 Å². The fourth-order valence-electron chi connectivity index (χ4n) is 1.55. The van der Waals surface area contributed by atoms with Gasteiger partial charge in [0, 0.05) is 0 Å². The Labute approximate surface area is 120 Å². The van der Waals surface area contributed by atoms with Crippen LogP contribution in [-0.2, 0) is 4.79 Å². The number of para-hydroxylation sites is 1. The van der Waals surface area contributed by atoms with Crippen LogP contribution in [0.4, 0.5) is 0 Å². The number of hydrogen-bond acceptors (Lipinski definition) is 5. The van der Waals surface area contributed by atoms with Gasteiger partial charge in [0.1, 0.15) is 0 Å². The van der Waals surface area contributed by atoms with Crippen LogP contribution in [0.5, 0.6) is 0 Å². The normalized spacial score (nSPS) is 10.0. The van der Waals surface area contributed by atoms with Gasteiger partial charge in [0.15, 0.2) is 0 Å². The van der Waals surface area contributed by atoms with Gasteiger partial charge in [-0.3, -0.25) is 4.79 Å². The minimum atomic E-state index is -0.146. The third-order valence-corrected chi connectivity index (χ3v) is 3.42. The fraction of sp³-hybridized carbons (Fsp3) is 0.231. The Bertz CT molecular complexity index is 646. The number of nitrogens with one attached hydrogen (secondary N) is 1. The molecule has 1 aromatic carbocycles. The summed E-state index contributed by atoms with van der Waals surface area (Å²) in [7, 11) is 0. The van der Waals surface area contributed by atoms with Gasteiger partial charge in [0.05, 0.1) is 18.0 Å². The Morgan fingerprint density at radius 3 is 3.05 bits per heavy atom. The van der Waals surface area contributed by atoms with Crippen LogP contribution >= 0.6 is 11.8 Å². The summed E-state index contributed by atoms with van der Waals surface area (Å²) in [5, 5.41) is 14.7. The Morgan fingerprint density at radius 2 is 2.30 bits per heavy atom. The lowest BCUT2D eigenvalue weighted by molar-refractivity contribution is -0.118. The van der Waals surface area contributed by atoms with Crippen molar-refractivity contribution in [1.29, 1.82) is 0 Å². The molecule has 2 aromatic rings. The molecule has 102 valence electrons. The van der Waals surface area contributed by atoms with Crippen molar-refractivity contribution in [2.24, 2.45) is 0 Å². The van der Waals surface area contributed by atoms with E-state index in [4.69, 9.17) is 6.42 Å². The molecule has 0 bridgehead atoms. The largest absolute Gasteiger partial charge is 0.344 e. The van der Waals surface area contributed by atoms with Crippen molar-refractivity contribution >= 4 is 17.7 Å². The molecule has 0 unspecified atom stereocenters. The van der Waals surface area contributed by atoms with Crippen LogP contribution in [0, 0.1) is 19.3 Å². The van der Waals surface area contributed by atoms with Gasteiger partial charge < -0.3 is 5.32 Å². The van der Waals surface area contributed by atoms with Crippen molar-refractivity contribution in [3.05, 3.63) is 29.8 Å². The minimum absolute atomic E-state index is 0.146. The maximum absolute atomic E-state index is 11.5. The number of terminal acetylenes is 1. The van der Waals surface area contributed by atoms with Gasteiger partial charge in [-0.2, -0.15) is 4.68 Å². The Balaban J connectivity index is 2.08. The van der Waals surface area contributed by atoms with Gasteiger partial charge >= 0.3 is 0 Å². The summed E-state index contributed by atoms with van der Waals surface area (Å²) >= 11 is 1.26. The third kappa shape index (κ3) is 3.36. The number of amides is 1. The molecule has 0 fully saturated rings. The molecule has 0 aliphatic rings. The van der Waals surface area contributed by atoms with Gasteiger partial charge in [0.2, 0.25) is 11.1 Å². The highest BCUT2D eigenvalue weighted by molar-refractivity contribution is 7.99. The van der Waals surface area contributed by atoms with Crippen molar-refractivity contribution in [2.45, 2.75) is 12.1 Å². The van der Waals surface area contributed by atoms with E-state index in [1.807, 2.05) is 31.2 Å². The van der Waals surface area contributed by atoms with E-state index >= 15 is 0 Å². The molecule has 0 atom stereocenters. The lowest BCUT2D eigenvalue weighted by Crippen LogP contribution is -2.25. The number of rotatable bonds is 5. The summed E-state index contributed by atoms with van der Waals surface area (Å²) in [5.74, 6) is 2.42. The molecule has 6 nitrogen and oxygen atoms in total. The highest BCUT2D eigenvalue weighted by Crippen LogP contribution is 2.19. The first-order chi connectivity index (χ1) is 9.72. The van der Waals surface area contributed by atoms with Crippen LogP contribution in [0.2, 0.25) is 0 Å². The van der Waals surface area contributed by atoms with Crippen molar-refractivity contribution in [1.82, 2.24) is 25.5 Å². The molecule has 0 radical (unpaired) electrons. The van der Waals surface area contributed by atoms with Crippen molar-refractivity contribution in [2.75, 3.05) is 12.3 Å². The lowest BCUT2D eigenvalue weighted by Gasteiger charge is -2.06. The van der Waals surface area contributed by atoms with Crippen molar-refractivity contribution < 1.29 is 4.79 Å². The predicted octanol–water partition coefficient (Wildman–Crippen LogP) is 0.812. The SMILES string of the molecule is C#CCNC(=O)CSc1nnnn1-c1ccccc1C. The first-order valence-electron chi connectivity index (χ1n) is 5.89. The predicted molar refractivity (Wildman–Crippen MR) is 76.5 cm³/mol. The van der Waals surface area contributed by atoms with Crippen LogP contribution in [0.25, 0.3) is 5.69 Å². The monoisotopic (exact) mass is 287 g/mol. The van der Waals surface area contributed by atoms with Crippen molar-refractivity contribution in [3.8, 4) is 18.0 Å². The highest BCUT2D eigenvalue weighted by Gasteiger charge is 2.12. The smallest absolute Gasteiger partial charge is 0.231 e. The summed E-state index contributed by atoms with van der Waals surface area (Å²) in [6.07, 6.45) is 5.08. The molecule has 20 heavy (non-hydrogen) atoms. The van der Waals surface area contributed by atoms with Gasteiger partial charge in [-0.05, 0) is 29.0 Å². The zero-order valence-electron chi connectivity index (χ0n) is 10.9. The van der Waals surface area contributed by atoms with Crippen LogP contribution < -0.4 is 5.32 Å². The topological polar surface area (TPSA) is 72.7 Å². The van der Waals surface area contributed by atoms with E-state index in [9.17, 15) is 4.79 Å². The maximum atomic E-state index is 11.5. The number of aromatic nitrogens is 4. The number of nitrogens with zero attached hydrogens (tertiary/aromatic N) is 4. The van der Waals surface area contributed by atoms with E-state index in [1.54, 1.807) is 4.68 Å². The summed E-state index contributed by atoms with van der Waals surface area (Å²) in [6, 6.07) is 7.76. The highest BCUT2D eigenvalue weighted by atomic mass is 32.2. The summed E-state index contributed by atoms with van der Waals surface area (Å²) in [4.78, 5) is 11.5. The van der Waals surface area contributed by atoms with Gasteiger partial charge in [-0.1, -0.05) is 35.9 Å². The zero-order chi connectivity index (χ0) is 14.4. The first kappa shape index (κ1) is 14.1. The quantitative estimate of drug-likeness (QED) is 0.651. The second-order valence-electron chi connectivity index (χ2n) is 3.93. The molecule has 0 aliphatic heterocycles. The van der Waals surface area contributed by atoms with Crippen LogP contribution in [0.1, 0.15) is 5.56 Å². The first-order valence-corrected chi connectivity index (χ1v) is 6.88. The minimum Gasteiger partial charge on any atom is -0.344 e. The van der Waals surface area contributed by atoms with Crippen LogP contribution in [0.3, 0.4) is 0 Å². The van der Waals surface area contributed by atoms with Gasteiger partial charge in [0.25, 0.3) is 0 Å². The molecule has 1 heterocycles. The van der Waals surface area contributed by atoms with Gasteiger partial charge in [-0.25, -0.2) is 0 Å².